The van der Waals surface area contributed by atoms with Crippen LogP contribution < -0.4 is 0 Å². The lowest BCUT2D eigenvalue weighted by Gasteiger charge is -2.38. The molecule has 1 aliphatic carbocycles. The van der Waals surface area contributed by atoms with Crippen LogP contribution in [0.5, 0.6) is 0 Å². The Kier molecular flexibility index (Phi) is 5.96. The Labute approximate surface area is 146 Å². The molecule has 2 heterocycles. The second-order valence-corrected chi connectivity index (χ2v) is 7.86. The van der Waals surface area contributed by atoms with E-state index >= 15 is 0 Å². The van der Waals surface area contributed by atoms with Gasteiger partial charge in [-0.05, 0) is 63.2 Å². The standard InChI is InChI=1S/C20H32N2O2/c1-16-11-14-21(15-12-16)19(23)9-4-10-20(24)22-13-5-7-17-6-2-3-8-18(17)22/h8,16-17H,2-7,9-15H2,1H3. The fraction of sp³-hybridized carbons (Fsp3) is 0.800. The van der Waals surface area contributed by atoms with Crippen molar-refractivity contribution in [3.05, 3.63) is 11.8 Å². The molecule has 0 aromatic carbocycles. The maximum absolute atomic E-state index is 12.6. The van der Waals surface area contributed by atoms with Crippen molar-refractivity contribution >= 4 is 11.8 Å². The molecule has 0 radical (unpaired) electrons. The summed E-state index contributed by atoms with van der Waals surface area (Å²) in [7, 11) is 0. The van der Waals surface area contributed by atoms with E-state index in [1.807, 2.05) is 9.80 Å². The molecular weight excluding hydrogens is 300 g/mol. The van der Waals surface area contributed by atoms with E-state index in [1.54, 1.807) is 0 Å². The van der Waals surface area contributed by atoms with E-state index in [-0.39, 0.29) is 11.8 Å². The quantitative estimate of drug-likeness (QED) is 0.787. The monoisotopic (exact) mass is 332 g/mol. The van der Waals surface area contributed by atoms with Gasteiger partial charge in [-0.3, -0.25) is 9.59 Å². The Morgan fingerprint density at radius 3 is 2.50 bits per heavy atom. The molecule has 2 aliphatic heterocycles. The molecule has 0 aromatic heterocycles. The zero-order valence-corrected chi connectivity index (χ0v) is 15.1. The van der Waals surface area contributed by atoms with E-state index in [2.05, 4.69) is 13.0 Å². The van der Waals surface area contributed by atoms with E-state index in [0.717, 1.165) is 51.2 Å². The van der Waals surface area contributed by atoms with Crippen molar-refractivity contribution in [2.75, 3.05) is 19.6 Å². The number of amides is 2. The number of carbonyl (C=O) groups excluding carboxylic acids is 2. The van der Waals surface area contributed by atoms with Crippen LogP contribution in [0.15, 0.2) is 11.8 Å². The van der Waals surface area contributed by atoms with Crippen LogP contribution >= 0.6 is 0 Å². The summed E-state index contributed by atoms with van der Waals surface area (Å²) in [4.78, 5) is 28.9. The number of allylic oxidation sites excluding steroid dienone is 2. The Bertz CT molecular complexity index is 492. The SMILES string of the molecule is CC1CCN(C(=O)CCCC(=O)N2CCCC3CCCC=C32)CC1. The van der Waals surface area contributed by atoms with Gasteiger partial charge >= 0.3 is 0 Å². The molecular formula is C20H32N2O2. The van der Waals surface area contributed by atoms with Gasteiger partial charge in [0.2, 0.25) is 11.8 Å². The molecule has 0 saturated carbocycles. The normalized spacial score (nSPS) is 25.2. The molecule has 3 rings (SSSR count). The minimum atomic E-state index is 0.230. The van der Waals surface area contributed by atoms with Crippen molar-refractivity contribution in [1.29, 1.82) is 0 Å². The van der Waals surface area contributed by atoms with Crippen molar-refractivity contribution < 1.29 is 9.59 Å². The van der Waals surface area contributed by atoms with Crippen molar-refractivity contribution in [1.82, 2.24) is 9.80 Å². The predicted molar refractivity (Wildman–Crippen MR) is 95.2 cm³/mol. The Balaban J connectivity index is 1.43. The summed E-state index contributed by atoms with van der Waals surface area (Å²) < 4.78 is 0. The summed E-state index contributed by atoms with van der Waals surface area (Å²) in [6.07, 6.45) is 12.2. The second-order valence-electron chi connectivity index (χ2n) is 7.86. The lowest BCUT2D eigenvalue weighted by Crippen LogP contribution is -2.39. The van der Waals surface area contributed by atoms with Gasteiger partial charge in [-0.25, -0.2) is 0 Å². The first-order valence-corrected chi connectivity index (χ1v) is 9.93. The molecule has 2 saturated heterocycles. The lowest BCUT2D eigenvalue weighted by atomic mass is 9.85. The first-order valence-electron chi connectivity index (χ1n) is 9.93. The highest BCUT2D eigenvalue weighted by Crippen LogP contribution is 2.35. The van der Waals surface area contributed by atoms with Crippen LogP contribution in [0.1, 0.15) is 71.1 Å². The van der Waals surface area contributed by atoms with Gasteiger partial charge in [0.15, 0.2) is 0 Å². The Hall–Kier alpha value is -1.32. The number of nitrogens with zero attached hydrogens (tertiary/aromatic N) is 2. The van der Waals surface area contributed by atoms with Crippen LogP contribution in [-0.2, 0) is 9.59 Å². The highest BCUT2D eigenvalue weighted by Gasteiger charge is 2.30. The topological polar surface area (TPSA) is 40.6 Å². The first-order chi connectivity index (χ1) is 11.6. The fourth-order valence-corrected chi connectivity index (χ4v) is 4.39. The van der Waals surface area contributed by atoms with E-state index < -0.39 is 0 Å². The van der Waals surface area contributed by atoms with Gasteiger partial charge < -0.3 is 9.80 Å². The minimum Gasteiger partial charge on any atom is -0.343 e. The van der Waals surface area contributed by atoms with E-state index in [0.29, 0.717) is 25.2 Å². The van der Waals surface area contributed by atoms with Crippen molar-refractivity contribution in [2.24, 2.45) is 11.8 Å². The van der Waals surface area contributed by atoms with Gasteiger partial charge in [0.05, 0.1) is 0 Å². The average molecular weight is 332 g/mol. The molecule has 3 aliphatic rings. The molecule has 24 heavy (non-hydrogen) atoms. The molecule has 0 aromatic rings. The summed E-state index contributed by atoms with van der Waals surface area (Å²) in [5.41, 5.74) is 1.29. The number of carbonyl (C=O) groups is 2. The van der Waals surface area contributed by atoms with E-state index in [4.69, 9.17) is 0 Å². The summed E-state index contributed by atoms with van der Waals surface area (Å²) >= 11 is 0. The van der Waals surface area contributed by atoms with Crippen LogP contribution in [0, 0.1) is 11.8 Å². The molecule has 2 fully saturated rings. The number of hydrogen-bond acceptors (Lipinski definition) is 2. The number of hydrogen-bond donors (Lipinski definition) is 0. The molecule has 4 nitrogen and oxygen atoms in total. The molecule has 0 N–H and O–H groups in total. The molecule has 2 amide bonds. The van der Waals surface area contributed by atoms with E-state index in [1.165, 1.54) is 25.0 Å². The highest BCUT2D eigenvalue weighted by molar-refractivity contribution is 5.80. The fourth-order valence-electron chi connectivity index (χ4n) is 4.39. The minimum absolute atomic E-state index is 0.230. The lowest BCUT2D eigenvalue weighted by molar-refractivity contribution is -0.133. The second kappa shape index (κ2) is 8.17. The van der Waals surface area contributed by atoms with Gasteiger partial charge in [-0.2, -0.15) is 0 Å². The van der Waals surface area contributed by atoms with Crippen molar-refractivity contribution in [3.63, 3.8) is 0 Å². The van der Waals surface area contributed by atoms with Gasteiger partial charge in [-0.15, -0.1) is 0 Å². The summed E-state index contributed by atoms with van der Waals surface area (Å²) in [6.45, 7) is 4.93. The third-order valence-electron chi connectivity index (χ3n) is 5.99. The maximum atomic E-state index is 12.6. The largest absolute Gasteiger partial charge is 0.343 e. The van der Waals surface area contributed by atoms with Gasteiger partial charge in [0, 0.05) is 38.2 Å². The van der Waals surface area contributed by atoms with Gasteiger partial charge in [0.1, 0.15) is 0 Å². The molecule has 1 unspecified atom stereocenters. The van der Waals surface area contributed by atoms with Crippen molar-refractivity contribution in [2.45, 2.75) is 71.1 Å². The molecule has 0 bridgehead atoms. The molecule has 0 spiro atoms. The summed E-state index contributed by atoms with van der Waals surface area (Å²) in [5.74, 6) is 1.82. The van der Waals surface area contributed by atoms with Crippen LogP contribution in [0.25, 0.3) is 0 Å². The summed E-state index contributed by atoms with van der Waals surface area (Å²) in [6, 6.07) is 0. The smallest absolute Gasteiger partial charge is 0.226 e. The summed E-state index contributed by atoms with van der Waals surface area (Å²) in [5, 5.41) is 0. The number of rotatable bonds is 4. The molecule has 4 heteroatoms. The number of likely N-dealkylation sites (tertiary alicyclic amines) is 2. The number of fused-ring (bicyclic) bond motifs is 1. The highest BCUT2D eigenvalue weighted by atomic mass is 16.2. The van der Waals surface area contributed by atoms with Crippen LogP contribution in [0.4, 0.5) is 0 Å². The third-order valence-corrected chi connectivity index (χ3v) is 5.99. The Morgan fingerprint density at radius 2 is 1.71 bits per heavy atom. The number of piperidine rings is 2. The van der Waals surface area contributed by atoms with E-state index in [9.17, 15) is 9.59 Å². The predicted octanol–water partition coefficient (Wildman–Crippen LogP) is 3.72. The molecule has 134 valence electrons. The van der Waals surface area contributed by atoms with Crippen LogP contribution in [0.2, 0.25) is 0 Å². The maximum Gasteiger partial charge on any atom is 0.226 e. The van der Waals surface area contributed by atoms with Crippen LogP contribution in [0.3, 0.4) is 0 Å². The third kappa shape index (κ3) is 4.20. The first kappa shape index (κ1) is 17.5. The molecule has 1 atom stereocenters. The van der Waals surface area contributed by atoms with Gasteiger partial charge in [0.25, 0.3) is 0 Å². The van der Waals surface area contributed by atoms with Crippen LogP contribution in [-0.4, -0.2) is 41.2 Å². The zero-order valence-electron chi connectivity index (χ0n) is 15.1. The Morgan fingerprint density at radius 1 is 1.00 bits per heavy atom. The van der Waals surface area contributed by atoms with Crippen molar-refractivity contribution in [3.8, 4) is 0 Å². The zero-order chi connectivity index (χ0) is 16.9. The average Bonchev–Trinajstić information content (AvgIpc) is 2.61. The van der Waals surface area contributed by atoms with Gasteiger partial charge in [-0.1, -0.05) is 13.0 Å².